The fourth-order valence-electron chi connectivity index (χ4n) is 4.87. The van der Waals surface area contributed by atoms with Gasteiger partial charge in [0.25, 0.3) is 5.89 Å². The Morgan fingerprint density at radius 1 is 1.10 bits per heavy atom. The Bertz CT molecular complexity index is 1560. The molecule has 10 nitrogen and oxygen atoms in total. The van der Waals surface area contributed by atoms with Gasteiger partial charge in [0.1, 0.15) is 5.83 Å². The third-order valence-corrected chi connectivity index (χ3v) is 6.99. The van der Waals surface area contributed by atoms with Crippen molar-refractivity contribution < 1.29 is 18.8 Å². The average molecular weight is 540 g/mol. The van der Waals surface area contributed by atoms with Gasteiger partial charge in [0.2, 0.25) is 5.82 Å². The van der Waals surface area contributed by atoms with E-state index in [1.54, 1.807) is 36.7 Å². The van der Waals surface area contributed by atoms with Crippen LogP contribution in [0.1, 0.15) is 30.1 Å². The van der Waals surface area contributed by atoms with Crippen molar-refractivity contribution in [3.8, 4) is 0 Å². The van der Waals surface area contributed by atoms with Crippen LogP contribution in [0.3, 0.4) is 0 Å². The van der Waals surface area contributed by atoms with Gasteiger partial charge in [0.15, 0.2) is 0 Å². The largest absolute Gasteiger partial charge is 0.481 e. The second-order valence-electron chi connectivity index (χ2n) is 9.75. The summed E-state index contributed by atoms with van der Waals surface area (Å²) >= 11 is 0. The maximum atomic E-state index is 15.1. The van der Waals surface area contributed by atoms with E-state index in [1.165, 1.54) is 10.6 Å². The SMILES string of the molecule is O=C(O)C1CN(CC2=CC=C(c3noc(C4=C(c5ccncc5)N(C5=C(F)CC=CC=C5)N=NC4)n3)C=CC2)C1. The van der Waals surface area contributed by atoms with Crippen molar-refractivity contribution in [3.05, 3.63) is 108 Å². The van der Waals surface area contributed by atoms with Crippen LogP contribution in [0.15, 0.2) is 105 Å². The number of halogens is 1. The van der Waals surface area contributed by atoms with Gasteiger partial charge in [-0.3, -0.25) is 14.7 Å². The lowest BCUT2D eigenvalue weighted by molar-refractivity contribution is -0.147. The molecule has 0 unspecified atom stereocenters. The average Bonchev–Trinajstić information content (AvgIpc) is 3.17. The molecule has 6 rings (SSSR count). The highest BCUT2D eigenvalue weighted by molar-refractivity contribution is 5.90. The monoisotopic (exact) mass is 539 g/mol. The summed E-state index contributed by atoms with van der Waals surface area (Å²) < 4.78 is 20.8. The molecule has 4 heterocycles. The lowest BCUT2D eigenvalue weighted by Crippen LogP contribution is -2.50. The van der Waals surface area contributed by atoms with Crippen molar-refractivity contribution in [3.63, 3.8) is 0 Å². The number of hydrogen-bond acceptors (Lipinski definition) is 9. The summed E-state index contributed by atoms with van der Waals surface area (Å²) in [6.07, 6.45) is 19.1. The van der Waals surface area contributed by atoms with Crippen molar-refractivity contribution in [2.24, 2.45) is 16.3 Å². The zero-order valence-electron chi connectivity index (χ0n) is 21.5. The number of carboxylic acids is 1. The molecule has 2 aromatic rings. The van der Waals surface area contributed by atoms with Crippen LogP contribution in [0.2, 0.25) is 0 Å². The molecule has 0 saturated carbocycles. The predicted octanol–water partition coefficient (Wildman–Crippen LogP) is 5.00. The second kappa shape index (κ2) is 11.1. The number of hydrogen-bond donors (Lipinski definition) is 1. The highest BCUT2D eigenvalue weighted by atomic mass is 19.1. The number of carboxylic acid groups (broad SMARTS) is 1. The van der Waals surface area contributed by atoms with E-state index in [9.17, 15) is 4.79 Å². The Kier molecular flexibility index (Phi) is 7.11. The standard InChI is InChI=1S/C29H26FN7O3/c30-24-7-2-1-3-8-25(24)37-26(20-11-13-31-14-12-20)23(15-32-35-37)28-33-27(34-40-28)21-6-4-5-19(9-10-21)16-36-17-22(18-36)29(38)39/h1-4,6,8-14,22H,5,7,15-18H2,(H,38,39). The van der Waals surface area contributed by atoms with Gasteiger partial charge < -0.3 is 9.63 Å². The normalized spacial score (nSPS) is 19.9. The Morgan fingerprint density at radius 3 is 2.77 bits per heavy atom. The maximum absolute atomic E-state index is 15.1. The molecule has 11 heteroatoms. The molecule has 202 valence electrons. The Labute approximate surface area is 229 Å². The van der Waals surface area contributed by atoms with E-state index in [-0.39, 0.29) is 36.3 Å². The minimum atomic E-state index is -0.740. The molecular weight excluding hydrogens is 513 g/mol. The Hall–Kier alpha value is -4.77. The first-order valence-electron chi connectivity index (χ1n) is 13.0. The first-order chi connectivity index (χ1) is 19.6. The molecule has 0 aromatic carbocycles. The minimum absolute atomic E-state index is 0.145. The summed E-state index contributed by atoms with van der Waals surface area (Å²) in [6, 6.07) is 3.63. The number of aliphatic carboxylic acids is 1. The van der Waals surface area contributed by atoms with Crippen molar-refractivity contribution in [1.29, 1.82) is 0 Å². The zero-order chi connectivity index (χ0) is 27.5. The molecule has 1 fully saturated rings. The lowest BCUT2D eigenvalue weighted by atomic mass is 9.99. The summed E-state index contributed by atoms with van der Waals surface area (Å²) in [5.41, 5.74) is 4.19. The van der Waals surface area contributed by atoms with Crippen LogP contribution in [0.25, 0.3) is 16.8 Å². The Balaban J connectivity index is 1.30. The van der Waals surface area contributed by atoms with E-state index in [2.05, 4.69) is 25.4 Å². The smallest absolute Gasteiger partial charge is 0.309 e. The first kappa shape index (κ1) is 25.5. The summed E-state index contributed by atoms with van der Waals surface area (Å²) in [5, 5.41) is 23.4. The van der Waals surface area contributed by atoms with Gasteiger partial charge in [0, 0.05) is 49.6 Å². The quantitative estimate of drug-likeness (QED) is 0.522. The number of nitrogens with zero attached hydrogens (tertiary/aromatic N) is 7. The van der Waals surface area contributed by atoms with Crippen LogP contribution in [0, 0.1) is 5.92 Å². The molecule has 0 bridgehead atoms. The van der Waals surface area contributed by atoms with Gasteiger partial charge in [-0.25, -0.2) is 9.40 Å². The van der Waals surface area contributed by atoms with E-state index in [0.29, 0.717) is 30.2 Å². The predicted molar refractivity (Wildman–Crippen MR) is 145 cm³/mol. The Morgan fingerprint density at radius 2 is 1.95 bits per heavy atom. The molecule has 0 radical (unpaired) electrons. The van der Waals surface area contributed by atoms with E-state index >= 15 is 4.39 Å². The molecule has 2 aliphatic carbocycles. The minimum Gasteiger partial charge on any atom is -0.481 e. The molecule has 0 amide bonds. The third-order valence-electron chi connectivity index (χ3n) is 6.99. The number of pyridine rings is 1. The molecule has 0 atom stereocenters. The van der Waals surface area contributed by atoms with Gasteiger partial charge in [-0.1, -0.05) is 58.5 Å². The van der Waals surface area contributed by atoms with E-state index in [0.717, 1.165) is 24.1 Å². The highest BCUT2D eigenvalue weighted by Crippen LogP contribution is 2.37. The number of carbonyl (C=O) groups is 1. The van der Waals surface area contributed by atoms with Crippen LogP contribution >= 0.6 is 0 Å². The van der Waals surface area contributed by atoms with E-state index < -0.39 is 5.97 Å². The molecule has 2 aliphatic heterocycles. The highest BCUT2D eigenvalue weighted by Gasteiger charge is 2.32. The summed E-state index contributed by atoms with van der Waals surface area (Å²) in [5.74, 6) is -0.676. The topological polar surface area (TPSA) is 120 Å². The van der Waals surface area contributed by atoms with Gasteiger partial charge in [-0.2, -0.15) is 10.1 Å². The van der Waals surface area contributed by atoms with Crippen LogP contribution in [0.5, 0.6) is 0 Å². The summed E-state index contributed by atoms with van der Waals surface area (Å²) in [7, 11) is 0. The fourth-order valence-corrected chi connectivity index (χ4v) is 4.87. The van der Waals surface area contributed by atoms with E-state index in [4.69, 9.17) is 14.6 Å². The lowest BCUT2D eigenvalue weighted by Gasteiger charge is -2.37. The molecule has 40 heavy (non-hydrogen) atoms. The second-order valence-corrected chi connectivity index (χ2v) is 9.75. The fraction of sp³-hybridized carbons (Fsp3) is 0.241. The van der Waals surface area contributed by atoms with E-state index in [1.807, 2.05) is 36.4 Å². The van der Waals surface area contributed by atoms with Crippen molar-refractivity contribution in [2.45, 2.75) is 12.8 Å². The van der Waals surface area contributed by atoms with Crippen molar-refractivity contribution >= 4 is 22.8 Å². The molecule has 1 N–H and O–H groups in total. The molecule has 2 aromatic heterocycles. The van der Waals surface area contributed by atoms with Crippen LogP contribution in [-0.2, 0) is 4.79 Å². The van der Waals surface area contributed by atoms with Crippen LogP contribution in [0.4, 0.5) is 4.39 Å². The molecule has 4 aliphatic rings. The number of likely N-dealkylation sites (tertiary alicyclic amines) is 1. The molecular formula is C29H26FN7O3. The van der Waals surface area contributed by atoms with Crippen LogP contribution in [-0.4, -0.2) is 62.3 Å². The first-order valence-corrected chi connectivity index (χ1v) is 13.0. The maximum Gasteiger partial charge on any atom is 0.309 e. The zero-order valence-corrected chi connectivity index (χ0v) is 21.5. The van der Waals surface area contributed by atoms with Gasteiger partial charge in [-0.15, -0.1) is 0 Å². The van der Waals surface area contributed by atoms with Gasteiger partial charge in [-0.05, 0) is 24.6 Å². The van der Waals surface area contributed by atoms with Crippen molar-refractivity contribution in [1.82, 2.24) is 25.0 Å². The van der Waals surface area contributed by atoms with Gasteiger partial charge in [0.05, 0.1) is 29.4 Å². The number of allylic oxidation sites excluding steroid dienone is 10. The van der Waals surface area contributed by atoms with Crippen LogP contribution < -0.4 is 0 Å². The number of aromatic nitrogens is 3. The third kappa shape index (κ3) is 5.23. The molecule has 1 saturated heterocycles. The number of rotatable bonds is 7. The summed E-state index contributed by atoms with van der Waals surface area (Å²) in [6.45, 7) is 2.03. The molecule has 0 spiro atoms. The summed E-state index contributed by atoms with van der Waals surface area (Å²) in [4.78, 5) is 22.0. The van der Waals surface area contributed by atoms with Crippen molar-refractivity contribution in [2.75, 3.05) is 26.2 Å². The van der Waals surface area contributed by atoms with Gasteiger partial charge >= 0.3 is 5.97 Å².